The minimum atomic E-state index is -0.577. The second kappa shape index (κ2) is 8.79. The smallest absolute Gasteiger partial charge is 0.129 e. The highest BCUT2D eigenvalue weighted by molar-refractivity contribution is 5.77. The Kier molecular flexibility index (Phi) is 6.61. The zero-order valence-corrected chi connectivity index (χ0v) is 17.9. The minimum Gasteiger partial charge on any atom is -0.394 e. The van der Waals surface area contributed by atoms with E-state index in [1.165, 1.54) is 5.56 Å². The number of benzene rings is 1. The average Bonchev–Trinajstić information content (AvgIpc) is 2.92. The molecule has 0 bridgehead atoms. The van der Waals surface area contributed by atoms with Crippen LogP contribution in [0, 0.1) is 11.3 Å². The van der Waals surface area contributed by atoms with Crippen LogP contribution in [0.4, 0.5) is 0 Å². The van der Waals surface area contributed by atoms with Gasteiger partial charge in [-0.1, -0.05) is 48.5 Å². The first-order valence-corrected chi connectivity index (χ1v) is 10.6. The van der Waals surface area contributed by atoms with Gasteiger partial charge in [-0.15, -0.1) is 0 Å². The number of likely N-dealkylation sites (N-methyl/N-ethyl adjacent to an activating group) is 1. The predicted octanol–water partition coefficient (Wildman–Crippen LogP) is 4.61. The lowest BCUT2D eigenvalue weighted by molar-refractivity contribution is -0.0985. The first-order chi connectivity index (χ1) is 13.3. The second-order valence-electron chi connectivity index (χ2n) is 9.23. The molecule has 0 unspecified atom stereocenters. The van der Waals surface area contributed by atoms with Crippen LogP contribution in [0.5, 0.6) is 0 Å². The highest BCUT2D eigenvalue weighted by Gasteiger charge is 2.58. The fourth-order valence-corrected chi connectivity index (χ4v) is 5.11. The Bertz CT molecular complexity index is 700. The van der Waals surface area contributed by atoms with Crippen molar-refractivity contribution in [1.29, 1.82) is 0 Å². The quantitative estimate of drug-likeness (QED) is 0.424. The van der Waals surface area contributed by atoms with Gasteiger partial charge in [0.1, 0.15) is 6.61 Å². The number of nitrogens with zero attached hydrogens (tertiary/aromatic N) is 2. The molecule has 154 valence electrons. The van der Waals surface area contributed by atoms with Crippen molar-refractivity contribution in [3.8, 4) is 0 Å². The molecule has 4 nitrogen and oxygen atoms in total. The molecule has 0 aliphatic heterocycles. The molecule has 2 aliphatic rings. The molecule has 4 atom stereocenters. The Balaban J connectivity index is 1.64. The molecule has 28 heavy (non-hydrogen) atoms. The van der Waals surface area contributed by atoms with E-state index in [9.17, 15) is 5.11 Å². The normalized spacial score (nSPS) is 33.4. The molecule has 0 saturated heterocycles. The molecule has 0 spiro atoms. The zero-order valence-electron chi connectivity index (χ0n) is 17.9. The summed E-state index contributed by atoms with van der Waals surface area (Å²) in [6.45, 7) is 5.82. The molecule has 3 rings (SSSR count). The molecular formula is C24H36N2O2. The summed E-state index contributed by atoms with van der Waals surface area (Å²) < 4.78 is 0. The van der Waals surface area contributed by atoms with Crippen LogP contribution < -0.4 is 0 Å². The van der Waals surface area contributed by atoms with Gasteiger partial charge in [0.2, 0.25) is 0 Å². The molecule has 2 fully saturated rings. The third kappa shape index (κ3) is 4.49. The monoisotopic (exact) mass is 384 g/mol. The number of rotatable bonds is 7. The van der Waals surface area contributed by atoms with Crippen LogP contribution in [0.3, 0.4) is 0 Å². The van der Waals surface area contributed by atoms with Crippen LogP contribution >= 0.6 is 0 Å². The maximum Gasteiger partial charge on any atom is 0.129 e. The maximum atomic E-state index is 11.6. The van der Waals surface area contributed by atoms with Crippen molar-refractivity contribution >= 4 is 6.21 Å². The first kappa shape index (κ1) is 21.1. The fraction of sp³-hybridized carbons (Fsp3) is 0.625. The first-order valence-electron chi connectivity index (χ1n) is 10.6. The molecule has 1 aromatic rings. The molecule has 0 amide bonds. The van der Waals surface area contributed by atoms with E-state index in [4.69, 9.17) is 4.84 Å². The van der Waals surface area contributed by atoms with Crippen molar-refractivity contribution < 1.29 is 9.94 Å². The standard InChI is InChI=1S/C24H36N2O2/c1-19(18-25-28-15-14-26(3)4)16-22-11-13-24(27)17-21(10-12-23(22,24)2)20-8-6-5-7-9-20/h5-9,16,18,21-22,27H,10-15,17H2,1-4H3/b19-16+,25-18+/t21-,22+,23+,24-/m0/s1. The minimum absolute atomic E-state index is 0.0564. The molecule has 0 aromatic heterocycles. The van der Waals surface area contributed by atoms with Gasteiger partial charge >= 0.3 is 0 Å². The lowest BCUT2D eigenvalue weighted by atomic mass is 9.59. The lowest BCUT2D eigenvalue weighted by Gasteiger charge is -2.49. The van der Waals surface area contributed by atoms with Crippen LogP contribution in [-0.4, -0.2) is 49.1 Å². The third-order valence-corrected chi connectivity index (χ3v) is 7.04. The Morgan fingerprint density at radius 1 is 1.25 bits per heavy atom. The number of hydrogen-bond acceptors (Lipinski definition) is 4. The number of allylic oxidation sites excluding steroid dienone is 2. The van der Waals surface area contributed by atoms with Gasteiger partial charge in [0, 0.05) is 12.0 Å². The van der Waals surface area contributed by atoms with Gasteiger partial charge in [-0.05, 0) is 76.1 Å². The van der Waals surface area contributed by atoms with E-state index in [0.717, 1.165) is 44.2 Å². The van der Waals surface area contributed by atoms with E-state index in [-0.39, 0.29) is 5.41 Å². The maximum absolute atomic E-state index is 11.6. The molecule has 0 radical (unpaired) electrons. The topological polar surface area (TPSA) is 45.1 Å². The van der Waals surface area contributed by atoms with Crippen molar-refractivity contribution in [2.45, 2.75) is 57.5 Å². The van der Waals surface area contributed by atoms with Gasteiger partial charge in [0.05, 0.1) is 11.8 Å². The fourth-order valence-electron chi connectivity index (χ4n) is 5.11. The Hall–Kier alpha value is -1.65. The van der Waals surface area contributed by atoms with Crippen molar-refractivity contribution in [3.63, 3.8) is 0 Å². The molecule has 1 aromatic carbocycles. The van der Waals surface area contributed by atoms with Crippen LogP contribution in [-0.2, 0) is 4.84 Å². The van der Waals surface area contributed by atoms with Crippen LogP contribution in [0.2, 0.25) is 0 Å². The van der Waals surface area contributed by atoms with Crippen molar-refractivity contribution in [1.82, 2.24) is 4.90 Å². The van der Waals surface area contributed by atoms with E-state index in [1.807, 2.05) is 20.3 Å². The van der Waals surface area contributed by atoms with E-state index in [2.05, 4.69) is 60.3 Å². The van der Waals surface area contributed by atoms with Crippen LogP contribution in [0.25, 0.3) is 0 Å². The Labute approximate surface area is 170 Å². The summed E-state index contributed by atoms with van der Waals surface area (Å²) in [4.78, 5) is 7.41. The van der Waals surface area contributed by atoms with E-state index in [0.29, 0.717) is 18.4 Å². The molecule has 1 N–H and O–H groups in total. The van der Waals surface area contributed by atoms with Crippen LogP contribution in [0.15, 0.2) is 47.1 Å². The van der Waals surface area contributed by atoms with Gasteiger partial charge in [-0.2, -0.15) is 0 Å². The van der Waals surface area contributed by atoms with Crippen molar-refractivity contribution in [2.24, 2.45) is 16.5 Å². The third-order valence-electron chi connectivity index (χ3n) is 7.04. The summed E-state index contributed by atoms with van der Waals surface area (Å²) >= 11 is 0. The number of fused-ring (bicyclic) bond motifs is 1. The summed E-state index contributed by atoms with van der Waals surface area (Å²) in [6, 6.07) is 10.7. The Morgan fingerprint density at radius 3 is 2.71 bits per heavy atom. The molecule has 2 aliphatic carbocycles. The summed E-state index contributed by atoms with van der Waals surface area (Å²) in [6.07, 6.45) is 9.13. The molecule has 0 heterocycles. The lowest BCUT2D eigenvalue weighted by Crippen LogP contribution is -2.49. The van der Waals surface area contributed by atoms with E-state index >= 15 is 0 Å². The average molecular weight is 385 g/mol. The molecular weight excluding hydrogens is 348 g/mol. The van der Waals surface area contributed by atoms with Gasteiger partial charge in [-0.25, -0.2) is 0 Å². The van der Waals surface area contributed by atoms with E-state index in [1.54, 1.807) is 0 Å². The molecule has 4 heteroatoms. The largest absolute Gasteiger partial charge is 0.394 e. The second-order valence-corrected chi connectivity index (χ2v) is 9.23. The highest BCUT2D eigenvalue weighted by Crippen LogP contribution is 2.61. The van der Waals surface area contributed by atoms with Crippen molar-refractivity contribution in [3.05, 3.63) is 47.5 Å². The van der Waals surface area contributed by atoms with Gasteiger partial charge in [-0.3, -0.25) is 0 Å². The summed E-state index contributed by atoms with van der Waals surface area (Å²) in [7, 11) is 4.04. The van der Waals surface area contributed by atoms with Gasteiger partial charge in [0.15, 0.2) is 0 Å². The summed E-state index contributed by atoms with van der Waals surface area (Å²) in [5.41, 5.74) is 1.85. The number of aliphatic hydroxyl groups is 1. The van der Waals surface area contributed by atoms with Crippen molar-refractivity contribution in [2.75, 3.05) is 27.2 Å². The zero-order chi connectivity index (χ0) is 20.2. The SMILES string of the molecule is CC(/C=N/OCCN(C)C)=C\[C@H]1CC[C@]2(O)C[C@@H](c3ccccc3)CC[C@]12C. The van der Waals surface area contributed by atoms with Crippen LogP contribution in [0.1, 0.15) is 57.4 Å². The summed E-state index contributed by atoms with van der Waals surface area (Å²) in [5, 5.41) is 15.7. The Morgan fingerprint density at radius 2 is 2.00 bits per heavy atom. The van der Waals surface area contributed by atoms with Gasteiger partial charge < -0.3 is 14.8 Å². The number of oxime groups is 1. The summed E-state index contributed by atoms with van der Waals surface area (Å²) in [5.74, 6) is 0.859. The molecule has 2 saturated carbocycles. The number of hydrogen-bond donors (Lipinski definition) is 1. The highest BCUT2D eigenvalue weighted by atomic mass is 16.6. The van der Waals surface area contributed by atoms with E-state index < -0.39 is 5.60 Å². The predicted molar refractivity (Wildman–Crippen MR) is 116 cm³/mol. The van der Waals surface area contributed by atoms with Gasteiger partial charge in [0.25, 0.3) is 0 Å².